The molecule has 28 heavy (non-hydrogen) atoms. The van der Waals surface area contributed by atoms with Crippen molar-refractivity contribution in [2.24, 2.45) is 0 Å². The predicted molar refractivity (Wildman–Crippen MR) is 109 cm³/mol. The molecule has 0 atom stereocenters. The zero-order valence-electron chi connectivity index (χ0n) is 15.7. The quantitative estimate of drug-likeness (QED) is 0.541. The van der Waals surface area contributed by atoms with Crippen LogP contribution in [0.1, 0.15) is 16.8 Å². The van der Waals surface area contributed by atoms with Crippen molar-refractivity contribution in [3.63, 3.8) is 0 Å². The largest absolute Gasteiger partial charge is 0.455 e. The summed E-state index contributed by atoms with van der Waals surface area (Å²) >= 11 is 0. The third kappa shape index (κ3) is 5.56. The van der Waals surface area contributed by atoms with Gasteiger partial charge in [-0.25, -0.2) is 4.98 Å². The first kappa shape index (κ1) is 19.4. The summed E-state index contributed by atoms with van der Waals surface area (Å²) in [6.07, 6.45) is 2.37. The van der Waals surface area contributed by atoms with Gasteiger partial charge in [0.25, 0.3) is 5.91 Å². The summed E-state index contributed by atoms with van der Waals surface area (Å²) in [4.78, 5) is 16.6. The van der Waals surface area contributed by atoms with E-state index in [0.29, 0.717) is 30.3 Å². The number of methoxy groups -OCH3 is 1. The second-order valence-electron chi connectivity index (χ2n) is 6.07. The van der Waals surface area contributed by atoms with Gasteiger partial charge in [0, 0.05) is 32.0 Å². The number of pyridine rings is 1. The Hall–Kier alpha value is -3.38. The molecule has 3 rings (SSSR count). The number of carbonyl (C=O) groups excluding carboxylic acids is 1. The van der Waals surface area contributed by atoms with Crippen molar-refractivity contribution < 1.29 is 14.3 Å². The lowest BCUT2D eigenvalue weighted by Crippen LogP contribution is -2.25. The Morgan fingerprint density at radius 2 is 1.82 bits per heavy atom. The molecule has 2 aromatic carbocycles. The van der Waals surface area contributed by atoms with Gasteiger partial charge in [-0.05, 0) is 42.8 Å². The van der Waals surface area contributed by atoms with E-state index >= 15 is 0 Å². The topological polar surface area (TPSA) is 72.5 Å². The number of benzene rings is 2. The number of ether oxygens (including phenoxy) is 2. The third-order valence-electron chi connectivity index (χ3n) is 3.95. The highest BCUT2D eigenvalue weighted by atomic mass is 16.5. The average molecular weight is 377 g/mol. The highest BCUT2D eigenvalue weighted by molar-refractivity contribution is 5.94. The maximum Gasteiger partial charge on any atom is 0.251 e. The average Bonchev–Trinajstić information content (AvgIpc) is 2.73. The Morgan fingerprint density at radius 1 is 1.04 bits per heavy atom. The molecule has 0 aliphatic carbocycles. The fourth-order valence-electron chi connectivity index (χ4n) is 2.57. The minimum Gasteiger partial charge on any atom is -0.455 e. The van der Waals surface area contributed by atoms with Gasteiger partial charge in [-0.2, -0.15) is 0 Å². The van der Waals surface area contributed by atoms with Gasteiger partial charge in [-0.3, -0.25) is 4.79 Å². The first-order valence-electron chi connectivity index (χ1n) is 9.08. The van der Waals surface area contributed by atoms with E-state index < -0.39 is 0 Å². The van der Waals surface area contributed by atoms with Crippen molar-refractivity contribution >= 4 is 17.4 Å². The number of anilines is 2. The van der Waals surface area contributed by atoms with E-state index in [1.54, 1.807) is 25.4 Å². The van der Waals surface area contributed by atoms with E-state index in [1.807, 2.05) is 54.6 Å². The zero-order valence-corrected chi connectivity index (χ0v) is 15.7. The van der Waals surface area contributed by atoms with Crippen molar-refractivity contribution in [2.45, 2.75) is 6.42 Å². The minimum absolute atomic E-state index is 0.143. The highest BCUT2D eigenvalue weighted by Crippen LogP contribution is 2.31. The molecule has 1 amide bonds. The summed E-state index contributed by atoms with van der Waals surface area (Å²) in [5.74, 6) is 1.84. The Labute approximate surface area is 164 Å². The molecule has 0 bridgehead atoms. The molecule has 6 nitrogen and oxygen atoms in total. The van der Waals surface area contributed by atoms with Crippen LogP contribution >= 0.6 is 0 Å². The van der Waals surface area contributed by atoms with Crippen LogP contribution < -0.4 is 15.4 Å². The van der Waals surface area contributed by atoms with Crippen LogP contribution in [-0.4, -0.2) is 31.2 Å². The van der Waals surface area contributed by atoms with Crippen LogP contribution in [0.4, 0.5) is 11.5 Å². The van der Waals surface area contributed by atoms with Crippen molar-refractivity contribution in [1.82, 2.24) is 10.3 Å². The number of para-hydroxylation sites is 3. The van der Waals surface area contributed by atoms with Crippen molar-refractivity contribution in [3.8, 4) is 11.5 Å². The first-order chi connectivity index (χ1) is 13.8. The number of carbonyl (C=O) groups is 1. The SMILES string of the molecule is COCCCNC(=O)c1ccnc(Nc2ccccc2Oc2ccccc2)c1. The van der Waals surface area contributed by atoms with Gasteiger partial charge in [-0.1, -0.05) is 30.3 Å². The fraction of sp³-hybridized carbons (Fsp3) is 0.182. The van der Waals surface area contributed by atoms with Crippen LogP contribution in [0.5, 0.6) is 11.5 Å². The molecule has 1 aromatic heterocycles. The van der Waals surface area contributed by atoms with Crippen LogP contribution in [0.3, 0.4) is 0 Å². The number of nitrogens with one attached hydrogen (secondary N) is 2. The highest BCUT2D eigenvalue weighted by Gasteiger charge is 2.09. The molecule has 3 aromatic rings. The molecule has 1 heterocycles. The standard InChI is InChI=1S/C22H23N3O3/c1-27-15-7-13-24-22(26)17-12-14-23-21(16-17)25-19-10-5-6-11-20(19)28-18-8-3-2-4-9-18/h2-6,8-12,14,16H,7,13,15H2,1H3,(H,23,25)(H,24,26). The first-order valence-corrected chi connectivity index (χ1v) is 9.08. The van der Waals surface area contributed by atoms with E-state index in [9.17, 15) is 4.79 Å². The Morgan fingerprint density at radius 3 is 2.64 bits per heavy atom. The lowest BCUT2D eigenvalue weighted by Gasteiger charge is -2.13. The number of aromatic nitrogens is 1. The van der Waals surface area contributed by atoms with Crippen LogP contribution in [0, 0.1) is 0 Å². The maximum absolute atomic E-state index is 12.3. The molecule has 2 N–H and O–H groups in total. The number of nitrogens with zero attached hydrogens (tertiary/aromatic N) is 1. The van der Waals surface area contributed by atoms with Gasteiger partial charge in [0.15, 0.2) is 5.75 Å². The molecular weight excluding hydrogens is 354 g/mol. The van der Waals surface area contributed by atoms with Crippen molar-refractivity contribution in [2.75, 3.05) is 25.6 Å². The Kier molecular flexibility index (Phi) is 6.98. The zero-order chi connectivity index (χ0) is 19.6. The number of hydrogen-bond donors (Lipinski definition) is 2. The predicted octanol–water partition coefficient (Wildman–Crippen LogP) is 4.38. The maximum atomic E-state index is 12.3. The number of rotatable bonds is 9. The second-order valence-corrected chi connectivity index (χ2v) is 6.07. The molecule has 0 saturated heterocycles. The van der Waals surface area contributed by atoms with Crippen molar-refractivity contribution in [1.29, 1.82) is 0 Å². The van der Waals surface area contributed by atoms with E-state index in [1.165, 1.54) is 0 Å². The molecule has 0 radical (unpaired) electrons. The summed E-state index contributed by atoms with van der Waals surface area (Å²) in [5, 5.41) is 6.10. The molecule has 6 heteroatoms. The van der Waals surface area contributed by atoms with E-state index in [0.717, 1.165) is 17.9 Å². The van der Waals surface area contributed by atoms with Crippen LogP contribution in [0.25, 0.3) is 0 Å². The summed E-state index contributed by atoms with van der Waals surface area (Å²) in [7, 11) is 1.64. The molecule has 0 spiro atoms. The minimum atomic E-state index is -0.143. The molecule has 144 valence electrons. The summed E-state index contributed by atoms with van der Waals surface area (Å²) in [6, 6.07) is 20.5. The van der Waals surface area contributed by atoms with E-state index in [2.05, 4.69) is 15.6 Å². The molecule has 0 fully saturated rings. The fourth-order valence-corrected chi connectivity index (χ4v) is 2.57. The van der Waals surface area contributed by atoms with Gasteiger partial charge < -0.3 is 20.1 Å². The lowest BCUT2D eigenvalue weighted by atomic mass is 10.2. The van der Waals surface area contributed by atoms with Crippen molar-refractivity contribution in [3.05, 3.63) is 78.5 Å². The van der Waals surface area contributed by atoms with Gasteiger partial charge >= 0.3 is 0 Å². The molecular formula is C22H23N3O3. The third-order valence-corrected chi connectivity index (χ3v) is 3.95. The summed E-state index contributed by atoms with van der Waals surface area (Å²) in [6.45, 7) is 1.17. The molecule has 0 aliphatic rings. The van der Waals surface area contributed by atoms with Crippen LogP contribution in [0.2, 0.25) is 0 Å². The number of amides is 1. The lowest BCUT2D eigenvalue weighted by molar-refractivity contribution is 0.0948. The Balaban J connectivity index is 1.70. The Bertz CT molecular complexity index is 900. The monoisotopic (exact) mass is 377 g/mol. The van der Waals surface area contributed by atoms with E-state index in [-0.39, 0.29) is 5.91 Å². The molecule has 0 aliphatic heterocycles. The van der Waals surface area contributed by atoms with Gasteiger partial charge in [0.05, 0.1) is 5.69 Å². The van der Waals surface area contributed by atoms with Gasteiger partial charge in [-0.15, -0.1) is 0 Å². The molecule has 0 unspecified atom stereocenters. The smallest absolute Gasteiger partial charge is 0.251 e. The second kappa shape index (κ2) is 10.1. The van der Waals surface area contributed by atoms with Gasteiger partial charge in [0.1, 0.15) is 11.6 Å². The normalized spacial score (nSPS) is 10.3. The van der Waals surface area contributed by atoms with Crippen LogP contribution in [-0.2, 0) is 4.74 Å². The summed E-state index contributed by atoms with van der Waals surface area (Å²) in [5.41, 5.74) is 1.30. The number of hydrogen-bond acceptors (Lipinski definition) is 5. The van der Waals surface area contributed by atoms with E-state index in [4.69, 9.17) is 9.47 Å². The molecule has 0 saturated carbocycles. The summed E-state index contributed by atoms with van der Waals surface area (Å²) < 4.78 is 10.9. The van der Waals surface area contributed by atoms with Gasteiger partial charge in [0.2, 0.25) is 0 Å². The van der Waals surface area contributed by atoms with Crippen LogP contribution in [0.15, 0.2) is 72.9 Å².